The molecule has 0 saturated carbocycles. The first kappa shape index (κ1) is 17.5. The number of ketones is 1. The fourth-order valence-corrected chi connectivity index (χ4v) is 1.38. The van der Waals surface area contributed by atoms with Gasteiger partial charge in [0.1, 0.15) is 12.1 Å². The number of aliphatic hydroxyl groups is 2. The molecular formula is C11H21N3O5. The highest BCUT2D eigenvalue weighted by Gasteiger charge is 2.22. The molecule has 0 aromatic carbocycles. The monoisotopic (exact) mass is 275 g/mol. The first-order valence-corrected chi connectivity index (χ1v) is 5.87. The lowest BCUT2D eigenvalue weighted by atomic mass is 10.1. The van der Waals surface area contributed by atoms with Crippen molar-refractivity contribution in [2.24, 2.45) is 0 Å². The van der Waals surface area contributed by atoms with Crippen molar-refractivity contribution in [1.29, 1.82) is 0 Å². The van der Waals surface area contributed by atoms with Crippen molar-refractivity contribution in [1.82, 2.24) is 16.0 Å². The van der Waals surface area contributed by atoms with Gasteiger partial charge >= 0.3 is 0 Å². The Labute approximate surface area is 111 Å². The molecule has 0 aromatic rings. The van der Waals surface area contributed by atoms with E-state index < -0.39 is 36.6 Å². The average Bonchev–Trinajstić information content (AvgIpc) is 2.34. The van der Waals surface area contributed by atoms with Crippen LogP contribution in [0, 0.1) is 0 Å². The Morgan fingerprint density at radius 2 is 1.84 bits per heavy atom. The normalized spacial score (nSPS) is 15.2. The molecule has 8 nitrogen and oxygen atoms in total. The van der Waals surface area contributed by atoms with E-state index in [1.807, 2.05) is 0 Å². The molecule has 0 aromatic heterocycles. The van der Waals surface area contributed by atoms with E-state index in [1.165, 1.54) is 20.9 Å². The van der Waals surface area contributed by atoms with Gasteiger partial charge in [0.25, 0.3) is 0 Å². The summed E-state index contributed by atoms with van der Waals surface area (Å²) < 4.78 is 0. The van der Waals surface area contributed by atoms with Crippen LogP contribution in [0.15, 0.2) is 0 Å². The summed E-state index contributed by atoms with van der Waals surface area (Å²) in [5, 5.41) is 25.3. The highest BCUT2D eigenvalue weighted by atomic mass is 16.3. The maximum absolute atomic E-state index is 11.5. The summed E-state index contributed by atoms with van der Waals surface area (Å²) in [5.41, 5.74) is 0. The molecule has 0 rings (SSSR count). The average molecular weight is 275 g/mol. The van der Waals surface area contributed by atoms with Gasteiger partial charge in [0.05, 0.1) is 19.3 Å². The molecule has 0 radical (unpaired) electrons. The third-order valence-corrected chi connectivity index (χ3v) is 2.51. The molecular weight excluding hydrogens is 254 g/mol. The molecule has 0 aliphatic rings. The van der Waals surface area contributed by atoms with Crippen molar-refractivity contribution in [3.8, 4) is 0 Å². The van der Waals surface area contributed by atoms with Crippen molar-refractivity contribution in [3.63, 3.8) is 0 Å². The van der Waals surface area contributed by atoms with Gasteiger partial charge in [-0.25, -0.2) is 0 Å². The second-order valence-electron chi connectivity index (χ2n) is 4.14. The molecule has 0 spiro atoms. The third kappa shape index (κ3) is 6.27. The quantitative estimate of drug-likeness (QED) is 0.324. The lowest BCUT2D eigenvalue weighted by molar-refractivity contribution is -0.130. The van der Waals surface area contributed by atoms with E-state index >= 15 is 0 Å². The van der Waals surface area contributed by atoms with Crippen molar-refractivity contribution in [2.45, 2.75) is 32.0 Å². The second kappa shape index (κ2) is 8.57. The van der Waals surface area contributed by atoms with Crippen LogP contribution in [0.3, 0.4) is 0 Å². The molecule has 110 valence electrons. The number of carbonyl (C=O) groups is 3. The predicted molar refractivity (Wildman–Crippen MR) is 67.2 cm³/mol. The summed E-state index contributed by atoms with van der Waals surface area (Å²) in [5.74, 6) is -1.50. The molecule has 0 saturated heterocycles. The minimum atomic E-state index is -1.01. The van der Waals surface area contributed by atoms with Crippen LogP contribution in [0.4, 0.5) is 0 Å². The Kier molecular flexibility index (Phi) is 7.89. The van der Waals surface area contributed by atoms with Gasteiger partial charge in [0.2, 0.25) is 11.8 Å². The largest absolute Gasteiger partial charge is 0.394 e. The number of rotatable bonds is 8. The van der Waals surface area contributed by atoms with Crippen LogP contribution in [0.1, 0.15) is 13.8 Å². The smallest absolute Gasteiger partial charge is 0.240 e. The molecule has 3 atom stereocenters. The molecule has 5 N–H and O–H groups in total. The number of Topliss-reactive ketones (excluding diaryl/α,β-unsaturated/α-hetero) is 1. The van der Waals surface area contributed by atoms with Crippen LogP contribution < -0.4 is 16.0 Å². The Hall–Kier alpha value is -1.51. The zero-order chi connectivity index (χ0) is 15.0. The number of carbonyl (C=O) groups excluding carboxylic acids is 3. The summed E-state index contributed by atoms with van der Waals surface area (Å²) >= 11 is 0. The van der Waals surface area contributed by atoms with E-state index in [2.05, 4.69) is 16.0 Å². The summed E-state index contributed by atoms with van der Waals surface area (Å²) in [6.07, 6.45) is -1.01. The van der Waals surface area contributed by atoms with E-state index in [0.29, 0.717) is 0 Å². The number of nitrogens with one attached hydrogen (secondary N) is 3. The van der Waals surface area contributed by atoms with Crippen LogP contribution >= 0.6 is 0 Å². The Morgan fingerprint density at radius 3 is 2.21 bits per heavy atom. The van der Waals surface area contributed by atoms with E-state index in [-0.39, 0.29) is 12.3 Å². The lowest BCUT2D eigenvalue weighted by Gasteiger charge is -2.19. The van der Waals surface area contributed by atoms with Crippen LogP contribution in [-0.2, 0) is 14.4 Å². The van der Waals surface area contributed by atoms with E-state index in [9.17, 15) is 19.5 Å². The van der Waals surface area contributed by atoms with Crippen LogP contribution in [0.25, 0.3) is 0 Å². The van der Waals surface area contributed by atoms with Gasteiger partial charge in [-0.1, -0.05) is 0 Å². The molecule has 0 bridgehead atoms. The standard InChI is InChI=1S/C11H21N3O5/c1-6(16)10(7(2)17)14-9(18)4-13-11(19)8(5-15)12-3/h6,8,10,12,15-16H,4-5H2,1-3H3,(H,13,19)(H,14,18)/t6-,8-,10-/m0/s1. The third-order valence-electron chi connectivity index (χ3n) is 2.51. The van der Waals surface area contributed by atoms with Gasteiger partial charge in [0, 0.05) is 0 Å². The van der Waals surface area contributed by atoms with Gasteiger partial charge in [0.15, 0.2) is 5.78 Å². The Morgan fingerprint density at radius 1 is 1.26 bits per heavy atom. The second-order valence-corrected chi connectivity index (χ2v) is 4.14. The van der Waals surface area contributed by atoms with Crippen LogP contribution in [-0.4, -0.2) is 66.2 Å². The fourth-order valence-electron chi connectivity index (χ4n) is 1.38. The Balaban J connectivity index is 4.25. The molecule has 0 heterocycles. The van der Waals surface area contributed by atoms with Crippen molar-refractivity contribution < 1.29 is 24.6 Å². The number of hydrogen-bond acceptors (Lipinski definition) is 6. The molecule has 8 heteroatoms. The summed E-state index contributed by atoms with van der Waals surface area (Å²) in [4.78, 5) is 34.1. The molecule has 2 amide bonds. The number of aliphatic hydroxyl groups excluding tert-OH is 2. The number of amides is 2. The van der Waals surface area contributed by atoms with Gasteiger partial charge in [-0.15, -0.1) is 0 Å². The molecule has 0 aliphatic heterocycles. The summed E-state index contributed by atoms with van der Waals surface area (Å²) in [6, 6.07) is -1.80. The summed E-state index contributed by atoms with van der Waals surface area (Å²) in [6.45, 7) is 1.90. The van der Waals surface area contributed by atoms with E-state index in [1.54, 1.807) is 0 Å². The maximum Gasteiger partial charge on any atom is 0.240 e. The lowest BCUT2D eigenvalue weighted by Crippen LogP contribution is -2.52. The topological polar surface area (TPSA) is 128 Å². The SMILES string of the molecule is CN[C@@H](CO)C(=O)NCC(=O)N[C@H](C(C)=O)[C@H](C)O. The van der Waals surface area contributed by atoms with Crippen LogP contribution in [0.5, 0.6) is 0 Å². The highest BCUT2D eigenvalue weighted by molar-refractivity contribution is 5.91. The Bertz CT molecular complexity index is 328. The van der Waals surface area contributed by atoms with E-state index in [0.717, 1.165) is 0 Å². The summed E-state index contributed by atoms with van der Waals surface area (Å²) in [7, 11) is 1.50. The van der Waals surface area contributed by atoms with Crippen molar-refractivity contribution in [2.75, 3.05) is 20.2 Å². The minimum Gasteiger partial charge on any atom is -0.394 e. The van der Waals surface area contributed by atoms with Crippen molar-refractivity contribution >= 4 is 17.6 Å². The van der Waals surface area contributed by atoms with Crippen molar-refractivity contribution in [3.05, 3.63) is 0 Å². The molecule has 19 heavy (non-hydrogen) atoms. The molecule has 0 unspecified atom stereocenters. The number of hydrogen-bond donors (Lipinski definition) is 5. The highest BCUT2D eigenvalue weighted by Crippen LogP contribution is 1.94. The van der Waals surface area contributed by atoms with Crippen LogP contribution in [0.2, 0.25) is 0 Å². The van der Waals surface area contributed by atoms with Gasteiger partial charge in [-0.05, 0) is 20.9 Å². The predicted octanol–water partition coefficient (Wildman–Crippen LogP) is -2.86. The van der Waals surface area contributed by atoms with Gasteiger partial charge < -0.3 is 26.2 Å². The van der Waals surface area contributed by atoms with Gasteiger partial charge in [-0.3, -0.25) is 14.4 Å². The molecule has 0 aliphatic carbocycles. The zero-order valence-corrected chi connectivity index (χ0v) is 11.3. The first-order chi connectivity index (χ1) is 8.83. The maximum atomic E-state index is 11.5. The number of likely N-dealkylation sites (N-methyl/N-ethyl adjacent to an activating group) is 1. The van der Waals surface area contributed by atoms with E-state index in [4.69, 9.17) is 5.11 Å². The molecule has 0 fully saturated rings. The first-order valence-electron chi connectivity index (χ1n) is 5.87. The fraction of sp³-hybridized carbons (Fsp3) is 0.727. The minimum absolute atomic E-state index is 0.340. The zero-order valence-electron chi connectivity index (χ0n) is 11.3. The van der Waals surface area contributed by atoms with Gasteiger partial charge in [-0.2, -0.15) is 0 Å².